The van der Waals surface area contributed by atoms with Crippen molar-refractivity contribution in [2.75, 3.05) is 5.32 Å². The molecule has 3 nitrogen and oxygen atoms in total. The van der Waals surface area contributed by atoms with Gasteiger partial charge < -0.3 is 10.4 Å². The molecule has 0 atom stereocenters. The minimum absolute atomic E-state index is 0.235. The summed E-state index contributed by atoms with van der Waals surface area (Å²) in [5.41, 5.74) is 2.27. The molecule has 0 aliphatic rings. The third-order valence-corrected chi connectivity index (χ3v) is 2.76. The van der Waals surface area contributed by atoms with Crippen LogP contribution in [0.3, 0.4) is 0 Å². The van der Waals surface area contributed by atoms with E-state index in [9.17, 15) is 5.11 Å². The van der Waals surface area contributed by atoms with Gasteiger partial charge in [0, 0.05) is 11.6 Å². The Balaban J connectivity index is 2.13. The maximum atomic E-state index is 9.18. The Morgan fingerprint density at radius 1 is 1.17 bits per heavy atom. The van der Waals surface area contributed by atoms with Crippen molar-refractivity contribution in [3.05, 3.63) is 58.6 Å². The van der Waals surface area contributed by atoms with Crippen molar-refractivity contribution in [3.63, 3.8) is 0 Å². The molecular formula is C14H11ClN2O. The van der Waals surface area contributed by atoms with Crippen LogP contribution in [-0.2, 0) is 6.54 Å². The van der Waals surface area contributed by atoms with Crippen molar-refractivity contribution in [2.45, 2.75) is 6.54 Å². The fourth-order valence-electron chi connectivity index (χ4n) is 1.57. The number of hydrogen-bond donors (Lipinski definition) is 2. The summed E-state index contributed by atoms with van der Waals surface area (Å²) in [6, 6.07) is 14.1. The molecule has 0 spiro atoms. The summed E-state index contributed by atoms with van der Waals surface area (Å²) in [5.74, 6) is 0.235. The SMILES string of the molecule is N#Cc1ccc(Cl)cc1NCc1ccc(O)cc1. The van der Waals surface area contributed by atoms with Gasteiger partial charge in [-0.25, -0.2) is 0 Å². The first-order valence-corrected chi connectivity index (χ1v) is 5.78. The summed E-state index contributed by atoms with van der Waals surface area (Å²) < 4.78 is 0. The number of hydrogen-bond acceptors (Lipinski definition) is 3. The van der Waals surface area contributed by atoms with Crippen LogP contribution in [0.2, 0.25) is 5.02 Å². The lowest BCUT2D eigenvalue weighted by Gasteiger charge is -2.08. The monoisotopic (exact) mass is 258 g/mol. The van der Waals surface area contributed by atoms with Crippen molar-refractivity contribution in [1.82, 2.24) is 0 Å². The Morgan fingerprint density at radius 2 is 1.89 bits per heavy atom. The third-order valence-electron chi connectivity index (χ3n) is 2.52. The van der Waals surface area contributed by atoms with Crippen LogP contribution in [0.4, 0.5) is 5.69 Å². The highest BCUT2D eigenvalue weighted by atomic mass is 35.5. The summed E-state index contributed by atoms with van der Waals surface area (Å²) in [6.07, 6.45) is 0. The number of rotatable bonds is 3. The molecule has 0 bridgehead atoms. The summed E-state index contributed by atoms with van der Waals surface area (Å²) in [7, 11) is 0. The van der Waals surface area contributed by atoms with Gasteiger partial charge in [-0.3, -0.25) is 0 Å². The predicted octanol–water partition coefficient (Wildman–Crippen LogP) is 3.53. The molecule has 0 saturated heterocycles. The fraction of sp³-hybridized carbons (Fsp3) is 0.0714. The Hall–Kier alpha value is -2.18. The average Bonchev–Trinajstić information content (AvgIpc) is 2.38. The van der Waals surface area contributed by atoms with Gasteiger partial charge in [0.05, 0.1) is 11.3 Å². The number of nitrogens with one attached hydrogen (secondary N) is 1. The van der Waals surface area contributed by atoms with Gasteiger partial charge in [0.1, 0.15) is 11.8 Å². The number of halogens is 1. The standard InChI is InChI=1S/C14H11ClN2O/c15-12-4-3-11(8-16)14(7-12)17-9-10-1-5-13(18)6-2-10/h1-7,17-18H,9H2. The van der Waals surface area contributed by atoms with Gasteiger partial charge >= 0.3 is 0 Å². The number of nitriles is 1. The van der Waals surface area contributed by atoms with Crippen molar-refractivity contribution < 1.29 is 5.11 Å². The van der Waals surface area contributed by atoms with E-state index in [1.807, 2.05) is 12.1 Å². The van der Waals surface area contributed by atoms with E-state index in [4.69, 9.17) is 16.9 Å². The first-order chi connectivity index (χ1) is 8.69. The zero-order valence-corrected chi connectivity index (χ0v) is 10.3. The highest BCUT2D eigenvalue weighted by Gasteiger charge is 2.02. The Labute approximate surface area is 110 Å². The lowest BCUT2D eigenvalue weighted by Crippen LogP contribution is -2.01. The van der Waals surface area contributed by atoms with Crippen molar-refractivity contribution >= 4 is 17.3 Å². The molecule has 0 aromatic heterocycles. The molecule has 2 aromatic carbocycles. The summed E-state index contributed by atoms with van der Waals surface area (Å²) in [5, 5.41) is 21.9. The van der Waals surface area contributed by atoms with Gasteiger partial charge in [-0.15, -0.1) is 0 Å². The number of aromatic hydroxyl groups is 1. The molecule has 0 aliphatic carbocycles. The van der Waals surface area contributed by atoms with Crippen LogP contribution >= 0.6 is 11.6 Å². The number of phenolic OH excluding ortho intramolecular Hbond substituents is 1. The van der Waals surface area contributed by atoms with E-state index in [1.165, 1.54) is 0 Å². The quantitative estimate of drug-likeness (QED) is 0.886. The smallest absolute Gasteiger partial charge is 0.115 e. The van der Waals surface area contributed by atoms with Gasteiger partial charge in [0.15, 0.2) is 0 Å². The number of anilines is 1. The molecule has 0 radical (unpaired) electrons. The second-order valence-electron chi connectivity index (χ2n) is 3.82. The maximum absolute atomic E-state index is 9.18. The van der Waals surface area contributed by atoms with E-state index in [1.54, 1.807) is 30.3 Å². The van der Waals surface area contributed by atoms with E-state index in [-0.39, 0.29) is 5.75 Å². The van der Waals surface area contributed by atoms with Gasteiger partial charge in [0.25, 0.3) is 0 Å². The van der Waals surface area contributed by atoms with E-state index in [0.29, 0.717) is 22.8 Å². The van der Waals surface area contributed by atoms with E-state index >= 15 is 0 Å². The molecule has 18 heavy (non-hydrogen) atoms. The van der Waals surface area contributed by atoms with Crippen LogP contribution in [0.25, 0.3) is 0 Å². The Morgan fingerprint density at radius 3 is 2.56 bits per heavy atom. The van der Waals surface area contributed by atoms with Gasteiger partial charge in [-0.1, -0.05) is 23.7 Å². The molecule has 90 valence electrons. The van der Waals surface area contributed by atoms with Crippen molar-refractivity contribution in [2.24, 2.45) is 0 Å². The normalized spacial score (nSPS) is 9.78. The first kappa shape index (κ1) is 12.3. The summed E-state index contributed by atoms with van der Waals surface area (Å²) in [4.78, 5) is 0. The third kappa shape index (κ3) is 2.93. The van der Waals surface area contributed by atoms with E-state index in [2.05, 4.69) is 11.4 Å². The summed E-state index contributed by atoms with van der Waals surface area (Å²) >= 11 is 5.89. The predicted molar refractivity (Wildman–Crippen MR) is 71.6 cm³/mol. The lowest BCUT2D eigenvalue weighted by atomic mass is 10.1. The largest absolute Gasteiger partial charge is 0.508 e. The number of nitrogens with zero attached hydrogens (tertiary/aromatic N) is 1. The Kier molecular flexibility index (Phi) is 3.71. The van der Waals surface area contributed by atoms with Crippen LogP contribution in [0.5, 0.6) is 5.75 Å². The highest BCUT2D eigenvalue weighted by Crippen LogP contribution is 2.21. The zero-order chi connectivity index (χ0) is 13.0. The molecule has 2 rings (SSSR count). The number of benzene rings is 2. The Bertz CT molecular complexity index is 588. The van der Waals surface area contributed by atoms with E-state index in [0.717, 1.165) is 5.56 Å². The van der Waals surface area contributed by atoms with Crippen LogP contribution in [0.15, 0.2) is 42.5 Å². The summed E-state index contributed by atoms with van der Waals surface area (Å²) in [6.45, 7) is 0.565. The van der Waals surface area contributed by atoms with Crippen LogP contribution in [0, 0.1) is 11.3 Å². The molecule has 2 N–H and O–H groups in total. The fourth-order valence-corrected chi connectivity index (χ4v) is 1.74. The second kappa shape index (κ2) is 5.44. The van der Waals surface area contributed by atoms with Crippen molar-refractivity contribution in [1.29, 1.82) is 5.26 Å². The molecule has 0 unspecified atom stereocenters. The molecule has 4 heteroatoms. The molecule has 0 aliphatic heterocycles. The first-order valence-electron chi connectivity index (χ1n) is 5.40. The van der Waals surface area contributed by atoms with Crippen LogP contribution < -0.4 is 5.32 Å². The zero-order valence-electron chi connectivity index (χ0n) is 9.52. The minimum Gasteiger partial charge on any atom is -0.508 e. The second-order valence-corrected chi connectivity index (χ2v) is 4.26. The van der Waals surface area contributed by atoms with E-state index < -0.39 is 0 Å². The minimum atomic E-state index is 0.235. The molecule has 0 saturated carbocycles. The van der Waals surface area contributed by atoms with Gasteiger partial charge in [0.2, 0.25) is 0 Å². The van der Waals surface area contributed by atoms with Gasteiger partial charge in [-0.05, 0) is 35.9 Å². The molecule has 0 fully saturated rings. The van der Waals surface area contributed by atoms with Crippen LogP contribution in [-0.4, -0.2) is 5.11 Å². The molecule has 0 heterocycles. The maximum Gasteiger partial charge on any atom is 0.115 e. The molecule has 0 amide bonds. The molecular weight excluding hydrogens is 248 g/mol. The van der Waals surface area contributed by atoms with Crippen LogP contribution in [0.1, 0.15) is 11.1 Å². The van der Waals surface area contributed by atoms with Crippen molar-refractivity contribution in [3.8, 4) is 11.8 Å². The lowest BCUT2D eigenvalue weighted by molar-refractivity contribution is 0.475. The molecule has 2 aromatic rings. The van der Waals surface area contributed by atoms with Gasteiger partial charge in [-0.2, -0.15) is 5.26 Å². The number of phenols is 1. The average molecular weight is 259 g/mol. The highest BCUT2D eigenvalue weighted by molar-refractivity contribution is 6.30. The topological polar surface area (TPSA) is 56.0 Å².